The normalized spacial score (nSPS) is 26.6. The van der Waals surface area contributed by atoms with Crippen molar-refractivity contribution >= 4 is 5.82 Å². The van der Waals surface area contributed by atoms with E-state index in [1.165, 1.54) is 0 Å². The van der Waals surface area contributed by atoms with E-state index in [4.69, 9.17) is 10.5 Å². The summed E-state index contributed by atoms with van der Waals surface area (Å²) < 4.78 is 5.73. The highest BCUT2D eigenvalue weighted by molar-refractivity contribution is 5.38. The van der Waals surface area contributed by atoms with Gasteiger partial charge in [0.2, 0.25) is 0 Å². The Kier molecular flexibility index (Phi) is 4.48. The number of nitrogens with one attached hydrogen (secondary N) is 1. The van der Waals surface area contributed by atoms with Crippen LogP contribution in [0.2, 0.25) is 0 Å². The van der Waals surface area contributed by atoms with Crippen molar-refractivity contribution in [2.75, 3.05) is 12.8 Å². The van der Waals surface area contributed by atoms with Crippen LogP contribution < -0.4 is 11.3 Å². The van der Waals surface area contributed by atoms with Gasteiger partial charge in [0.25, 0.3) is 5.56 Å². The number of H-pyrrole nitrogens is 1. The molecule has 1 fully saturated rings. The zero-order valence-corrected chi connectivity index (χ0v) is 12.7. The third-order valence-corrected chi connectivity index (χ3v) is 4.45. The Morgan fingerprint density at radius 2 is 2.10 bits per heavy atom. The lowest BCUT2D eigenvalue weighted by Gasteiger charge is -2.37. The van der Waals surface area contributed by atoms with Crippen molar-refractivity contribution in [2.45, 2.75) is 58.0 Å². The number of nitrogens with zero attached hydrogens (tertiary/aromatic N) is 1. The van der Waals surface area contributed by atoms with Gasteiger partial charge in [-0.3, -0.25) is 4.79 Å². The summed E-state index contributed by atoms with van der Waals surface area (Å²) in [7, 11) is 1.69. The lowest BCUT2D eigenvalue weighted by atomic mass is 9.79. The van der Waals surface area contributed by atoms with Gasteiger partial charge in [-0.1, -0.05) is 20.3 Å². The number of hydrogen-bond donors (Lipinski definition) is 2. The van der Waals surface area contributed by atoms with E-state index in [2.05, 4.69) is 16.9 Å². The highest BCUT2D eigenvalue weighted by atomic mass is 16.5. The molecule has 1 saturated carbocycles. The van der Waals surface area contributed by atoms with Crippen molar-refractivity contribution in [1.82, 2.24) is 9.97 Å². The first-order valence-electron chi connectivity index (χ1n) is 7.46. The van der Waals surface area contributed by atoms with Crippen LogP contribution in [0.25, 0.3) is 0 Å². The van der Waals surface area contributed by atoms with Crippen LogP contribution in [0.1, 0.15) is 57.3 Å². The fraction of sp³-hybridized carbons (Fsp3) is 0.733. The lowest BCUT2D eigenvalue weighted by molar-refractivity contribution is -0.0598. The second-order valence-electron chi connectivity index (χ2n) is 5.91. The molecular formula is C15H25N3O2. The first kappa shape index (κ1) is 15.0. The molecule has 0 unspecified atom stereocenters. The molecule has 112 valence electrons. The standard InChI is InChI=1S/C15H25N3O2/c1-4-5-11-12(16)17-14(18-13(11)19)15(20-3)8-6-10(2)7-9-15/h10H,4-9H2,1-3H3,(H3,16,17,18,19). The van der Waals surface area contributed by atoms with Gasteiger partial charge in [-0.05, 0) is 38.0 Å². The molecule has 0 bridgehead atoms. The zero-order valence-electron chi connectivity index (χ0n) is 12.7. The number of nitrogens with two attached hydrogens (primary N) is 1. The number of rotatable bonds is 4. The van der Waals surface area contributed by atoms with Crippen LogP contribution >= 0.6 is 0 Å². The number of aromatic amines is 1. The molecule has 1 aliphatic carbocycles. The number of ether oxygens (including phenoxy) is 1. The minimum Gasteiger partial charge on any atom is -0.383 e. The third kappa shape index (κ3) is 2.73. The third-order valence-electron chi connectivity index (χ3n) is 4.45. The number of methoxy groups -OCH3 is 1. The summed E-state index contributed by atoms with van der Waals surface area (Å²) in [6.45, 7) is 4.26. The Balaban J connectivity index is 2.39. The van der Waals surface area contributed by atoms with Crippen molar-refractivity contribution in [3.63, 3.8) is 0 Å². The van der Waals surface area contributed by atoms with Gasteiger partial charge in [0, 0.05) is 7.11 Å². The smallest absolute Gasteiger partial charge is 0.256 e. The van der Waals surface area contributed by atoms with E-state index >= 15 is 0 Å². The first-order chi connectivity index (χ1) is 9.52. The maximum absolute atomic E-state index is 12.2. The average Bonchev–Trinajstić information content (AvgIpc) is 2.44. The lowest BCUT2D eigenvalue weighted by Crippen LogP contribution is -2.37. The van der Waals surface area contributed by atoms with Crippen LogP contribution in [0.5, 0.6) is 0 Å². The van der Waals surface area contributed by atoms with Gasteiger partial charge in [-0.15, -0.1) is 0 Å². The van der Waals surface area contributed by atoms with Gasteiger partial charge in [0.05, 0.1) is 5.56 Å². The molecule has 20 heavy (non-hydrogen) atoms. The topological polar surface area (TPSA) is 81.0 Å². The highest BCUT2D eigenvalue weighted by Crippen LogP contribution is 2.40. The second kappa shape index (κ2) is 5.95. The molecule has 0 atom stereocenters. The molecule has 1 heterocycles. The molecule has 0 saturated heterocycles. The Hall–Kier alpha value is -1.36. The summed E-state index contributed by atoms with van der Waals surface area (Å²) in [6.07, 6.45) is 5.44. The summed E-state index contributed by atoms with van der Waals surface area (Å²) in [5.41, 5.74) is 5.96. The Morgan fingerprint density at radius 3 is 2.60 bits per heavy atom. The molecule has 0 amide bonds. The minimum absolute atomic E-state index is 0.121. The van der Waals surface area contributed by atoms with Crippen molar-refractivity contribution in [3.05, 3.63) is 21.7 Å². The summed E-state index contributed by atoms with van der Waals surface area (Å²) in [5, 5.41) is 0. The van der Waals surface area contributed by atoms with Crippen LogP contribution in [-0.2, 0) is 16.8 Å². The monoisotopic (exact) mass is 279 g/mol. The fourth-order valence-electron chi connectivity index (χ4n) is 2.99. The Bertz CT molecular complexity index is 516. The van der Waals surface area contributed by atoms with E-state index in [9.17, 15) is 4.79 Å². The van der Waals surface area contributed by atoms with Crippen LogP contribution in [0, 0.1) is 5.92 Å². The number of hydrogen-bond acceptors (Lipinski definition) is 4. The molecule has 1 aliphatic rings. The maximum Gasteiger partial charge on any atom is 0.256 e. The van der Waals surface area contributed by atoms with E-state index in [-0.39, 0.29) is 5.56 Å². The Labute approximate surface area is 119 Å². The molecule has 0 aliphatic heterocycles. The minimum atomic E-state index is -0.482. The van der Waals surface area contributed by atoms with Gasteiger partial charge >= 0.3 is 0 Å². The molecule has 0 spiro atoms. The molecule has 5 nitrogen and oxygen atoms in total. The van der Waals surface area contributed by atoms with Crippen molar-refractivity contribution < 1.29 is 4.74 Å². The van der Waals surface area contributed by atoms with Crippen molar-refractivity contribution in [2.24, 2.45) is 5.92 Å². The van der Waals surface area contributed by atoms with Gasteiger partial charge in [0.15, 0.2) is 0 Å². The average molecular weight is 279 g/mol. The fourth-order valence-corrected chi connectivity index (χ4v) is 2.99. The van der Waals surface area contributed by atoms with Crippen molar-refractivity contribution in [1.29, 1.82) is 0 Å². The Morgan fingerprint density at radius 1 is 1.45 bits per heavy atom. The van der Waals surface area contributed by atoms with E-state index in [0.717, 1.165) is 32.1 Å². The first-order valence-corrected chi connectivity index (χ1v) is 7.46. The number of anilines is 1. The van der Waals surface area contributed by atoms with Crippen LogP contribution in [-0.4, -0.2) is 17.1 Å². The van der Waals surface area contributed by atoms with Gasteiger partial charge in [0.1, 0.15) is 17.2 Å². The van der Waals surface area contributed by atoms with E-state index < -0.39 is 5.60 Å². The number of nitrogen functional groups attached to an aromatic ring is 1. The second-order valence-corrected chi connectivity index (χ2v) is 5.91. The van der Waals surface area contributed by atoms with Gasteiger partial charge < -0.3 is 15.5 Å². The zero-order chi connectivity index (χ0) is 14.8. The van der Waals surface area contributed by atoms with E-state index in [1.54, 1.807) is 7.11 Å². The SMILES string of the molecule is CCCc1c(N)nc(C2(OC)CCC(C)CC2)[nH]c1=O. The number of aromatic nitrogens is 2. The quantitative estimate of drug-likeness (QED) is 0.886. The molecule has 2 rings (SSSR count). The predicted octanol–water partition coefficient (Wildman–Crippen LogP) is 2.36. The van der Waals surface area contributed by atoms with E-state index in [0.29, 0.717) is 29.5 Å². The highest BCUT2D eigenvalue weighted by Gasteiger charge is 2.38. The van der Waals surface area contributed by atoms with Crippen LogP contribution in [0.4, 0.5) is 5.82 Å². The summed E-state index contributed by atoms with van der Waals surface area (Å²) >= 11 is 0. The summed E-state index contributed by atoms with van der Waals surface area (Å²) in [4.78, 5) is 19.5. The van der Waals surface area contributed by atoms with Crippen molar-refractivity contribution in [3.8, 4) is 0 Å². The molecule has 1 aromatic rings. The summed E-state index contributed by atoms with van der Waals surface area (Å²) in [6, 6.07) is 0. The molecule has 0 aromatic carbocycles. The molecule has 3 N–H and O–H groups in total. The van der Waals surface area contributed by atoms with Gasteiger partial charge in [-0.2, -0.15) is 0 Å². The maximum atomic E-state index is 12.2. The van der Waals surface area contributed by atoms with Gasteiger partial charge in [-0.25, -0.2) is 4.98 Å². The molecule has 1 aromatic heterocycles. The van der Waals surface area contributed by atoms with Crippen LogP contribution in [0.3, 0.4) is 0 Å². The molecule has 5 heteroatoms. The largest absolute Gasteiger partial charge is 0.383 e. The predicted molar refractivity (Wildman–Crippen MR) is 79.6 cm³/mol. The van der Waals surface area contributed by atoms with Crippen LogP contribution in [0.15, 0.2) is 4.79 Å². The van der Waals surface area contributed by atoms with E-state index in [1.807, 2.05) is 6.92 Å². The molecular weight excluding hydrogens is 254 g/mol. The summed E-state index contributed by atoms with van der Waals surface area (Å²) in [5.74, 6) is 1.64. The molecule has 0 radical (unpaired) electrons.